The summed E-state index contributed by atoms with van der Waals surface area (Å²) >= 11 is 1.13. The van der Waals surface area contributed by atoms with Gasteiger partial charge in [-0.15, -0.1) is 0 Å². The van der Waals surface area contributed by atoms with Crippen LogP contribution in [0.3, 0.4) is 0 Å². The number of nitrogens with one attached hydrogen (secondary N) is 1. The minimum Gasteiger partial charge on any atom is -0.483 e. The topological polar surface area (TPSA) is 64.1 Å². The molecule has 0 aliphatic heterocycles. The Morgan fingerprint density at radius 3 is 2.76 bits per heavy atom. The van der Waals surface area contributed by atoms with Gasteiger partial charge in [0.2, 0.25) is 5.13 Å². The average Bonchev–Trinajstić information content (AvgIpc) is 2.89. The minimum absolute atomic E-state index is 0.0446. The molecule has 5 nitrogen and oxygen atoms in total. The van der Waals surface area contributed by atoms with Crippen molar-refractivity contribution in [2.75, 3.05) is 11.9 Å². The molecule has 0 aliphatic rings. The van der Waals surface area contributed by atoms with Crippen LogP contribution >= 0.6 is 11.5 Å². The van der Waals surface area contributed by atoms with Crippen molar-refractivity contribution in [1.29, 1.82) is 0 Å². The Labute approximate surface area is 128 Å². The normalized spacial score (nSPS) is 11.2. The van der Waals surface area contributed by atoms with Gasteiger partial charge in [0.05, 0.1) is 0 Å². The molecule has 112 valence electrons. The SMILES string of the molecule is Cc1ccc(OCC(=O)Nc2ncns2)c(C(C)(C)C)c1. The van der Waals surface area contributed by atoms with Gasteiger partial charge >= 0.3 is 0 Å². The van der Waals surface area contributed by atoms with Crippen LogP contribution < -0.4 is 10.1 Å². The number of nitrogens with zero attached hydrogens (tertiary/aromatic N) is 2. The smallest absolute Gasteiger partial charge is 0.264 e. The van der Waals surface area contributed by atoms with Gasteiger partial charge in [-0.1, -0.05) is 38.5 Å². The lowest BCUT2D eigenvalue weighted by Crippen LogP contribution is -2.22. The van der Waals surface area contributed by atoms with E-state index < -0.39 is 0 Å². The van der Waals surface area contributed by atoms with E-state index in [1.165, 1.54) is 11.9 Å². The molecule has 2 aromatic rings. The molecule has 1 heterocycles. The Balaban J connectivity index is 2.04. The molecule has 21 heavy (non-hydrogen) atoms. The van der Waals surface area contributed by atoms with Gasteiger partial charge in [-0.25, -0.2) is 4.98 Å². The van der Waals surface area contributed by atoms with Crippen LogP contribution in [0.1, 0.15) is 31.9 Å². The summed E-state index contributed by atoms with van der Waals surface area (Å²) in [5, 5.41) is 3.12. The predicted octanol–water partition coefficient (Wildman–Crippen LogP) is 3.16. The van der Waals surface area contributed by atoms with Crippen molar-refractivity contribution in [2.24, 2.45) is 0 Å². The molecule has 0 radical (unpaired) electrons. The van der Waals surface area contributed by atoms with Gasteiger partial charge in [0.1, 0.15) is 12.1 Å². The van der Waals surface area contributed by atoms with Crippen molar-refractivity contribution >= 4 is 22.6 Å². The Hall–Kier alpha value is -1.95. The second kappa shape index (κ2) is 6.22. The monoisotopic (exact) mass is 305 g/mol. The molecule has 0 bridgehead atoms. The van der Waals surface area contributed by atoms with Crippen molar-refractivity contribution in [3.05, 3.63) is 35.7 Å². The maximum absolute atomic E-state index is 11.8. The summed E-state index contributed by atoms with van der Waals surface area (Å²) in [6.45, 7) is 8.36. The van der Waals surface area contributed by atoms with E-state index in [4.69, 9.17) is 4.74 Å². The number of carbonyl (C=O) groups is 1. The molecule has 0 saturated heterocycles. The lowest BCUT2D eigenvalue weighted by molar-refractivity contribution is -0.118. The lowest BCUT2D eigenvalue weighted by atomic mass is 9.85. The highest BCUT2D eigenvalue weighted by atomic mass is 32.1. The summed E-state index contributed by atoms with van der Waals surface area (Å²) in [5.41, 5.74) is 2.22. The van der Waals surface area contributed by atoms with Crippen molar-refractivity contribution in [1.82, 2.24) is 9.36 Å². The molecule has 0 aliphatic carbocycles. The maximum atomic E-state index is 11.8. The second-order valence-electron chi connectivity index (χ2n) is 5.83. The third-order valence-electron chi connectivity index (χ3n) is 2.91. The Morgan fingerprint density at radius 2 is 2.14 bits per heavy atom. The molecule has 1 amide bonds. The molecule has 1 aromatic carbocycles. The van der Waals surface area contributed by atoms with E-state index in [0.29, 0.717) is 5.13 Å². The third kappa shape index (κ3) is 4.26. The van der Waals surface area contributed by atoms with Crippen LogP contribution in [0.4, 0.5) is 5.13 Å². The third-order valence-corrected chi connectivity index (χ3v) is 3.49. The molecule has 2 rings (SSSR count). The summed E-state index contributed by atoms with van der Waals surface area (Å²) in [7, 11) is 0. The largest absolute Gasteiger partial charge is 0.483 e. The van der Waals surface area contributed by atoms with Gasteiger partial charge in [-0.05, 0) is 24.0 Å². The number of ether oxygens (including phenoxy) is 1. The van der Waals surface area contributed by atoms with Crippen LogP contribution in [0, 0.1) is 6.92 Å². The summed E-state index contributed by atoms with van der Waals surface area (Å²) < 4.78 is 9.50. The zero-order chi connectivity index (χ0) is 15.5. The summed E-state index contributed by atoms with van der Waals surface area (Å²) in [5.74, 6) is 0.493. The second-order valence-corrected chi connectivity index (χ2v) is 6.61. The van der Waals surface area contributed by atoms with Crippen molar-refractivity contribution in [3.8, 4) is 5.75 Å². The number of hydrogen-bond acceptors (Lipinski definition) is 5. The molecule has 1 aromatic heterocycles. The van der Waals surface area contributed by atoms with Crippen LogP contribution in [0.15, 0.2) is 24.5 Å². The maximum Gasteiger partial charge on any atom is 0.264 e. The van der Waals surface area contributed by atoms with Gasteiger partial charge in [0.15, 0.2) is 6.61 Å². The molecule has 6 heteroatoms. The van der Waals surface area contributed by atoms with Crippen molar-refractivity contribution in [3.63, 3.8) is 0 Å². The first-order chi connectivity index (χ1) is 9.86. The van der Waals surface area contributed by atoms with E-state index >= 15 is 0 Å². The number of carbonyl (C=O) groups excluding carboxylic acids is 1. The first-order valence-corrected chi connectivity index (χ1v) is 7.44. The first-order valence-electron chi connectivity index (χ1n) is 6.67. The average molecular weight is 305 g/mol. The Morgan fingerprint density at radius 1 is 1.38 bits per heavy atom. The van der Waals surface area contributed by atoms with Gasteiger partial charge in [-0.2, -0.15) is 4.37 Å². The van der Waals surface area contributed by atoms with Gasteiger partial charge in [-0.3, -0.25) is 10.1 Å². The quantitative estimate of drug-likeness (QED) is 0.942. The number of amides is 1. The fourth-order valence-electron chi connectivity index (χ4n) is 1.88. The van der Waals surface area contributed by atoms with E-state index in [1.54, 1.807) is 0 Å². The van der Waals surface area contributed by atoms with Crippen LogP contribution in [0.5, 0.6) is 5.75 Å². The Bertz CT molecular complexity index is 618. The fraction of sp³-hybridized carbons (Fsp3) is 0.400. The minimum atomic E-state index is -0.243. The van der Waals surface area contributed by atoms with Gasteiger partial charge < -0.3 is 4.74 Å². The number of aromatic nitrogens is 2. The molecular weight excluding hydrogens is 286 g/mol. The highest BCUT2D eigenvalue weighted by Gasteiger charge is 2.19. The molecular formula is C15H19N3O2S. The molecule has 0 spiro atoms. The van der Waals surface area contributed by atoms with E-state index in [1.807, 2.05) is 19.1 Å². The summed E-state index contributed by atoms with van der Waals surface area (Å²) in [4.78, 5) is 15.7. The summed E-state index contributed by atoms with van der Waals surface area (Å²) in [6, 6.07) is 5.99. The molecule has 0 atom stereocenters. The highest BCUT2D eigenvalue weighted by molar-refractivity contribution is 7.09. The van der Waals surface area contributed by atoms with E-state index in [-0.39, 0.29) is 17.9 Å². The fourth-order valence-corrected chi connectivity index (χ4v) is 2.33. The van der Waals surface area contributed by atoms with Gasteiger partial charge in [0, 0.05) is 11.5 Å². The molecule has 0 saturated carbocycles. The van der Waals surface area contributed by atoms with E-state index in [0.717, 1.165) is 22.8 Å². The highest BCUT2D eigenvalue weighted by Crippen LogP contribution is 2.32. The van der Waals surface area contributed by atoms with E-state index in [2.05, 4.69) is 41.5 Å². The standard InChI is InChI=1S/C15H19N3O2S/c1-10-5-6-12(11(7-10)15(2,3)4)20-8-13(19)18-14-16-9-17-21-14/h5-7,9H,8H2,1-4H3,(H,16,17,18,19). The van der Waals surface area contributed by atoms with Crippen LogP contribution in [0.25, 0.3) is 0 Å². The van der Waals surface area contributed by atoms with Crippen LogP contribution in [-0.2, 0) is 10.2 Å². The predicted molar refractivity (Wildman–Crippen MR) is 83.9 cm³/mol. The first kappa shape index (κ1) is 15.4. The Kier molecular flexibility index (Phi) is 4.57. The molecule has 0 fully saturated rings. The van der Waals surface area contributed by atoms with Gasteiger partial charge in [0.25, 0.3) is 5.91 Å². The van der Waals surface area contributed by atoms with E-state index in [9.17, 15) is 4.79 Å². The number of rotatable bonds is 4. The van der Waals surface area contributed by atoms with Crippen molar-refractivity contribution < 1.29 is 9.53 Å². The van der Waals surface area contributed by atoms with Crippen molar-refractivity contribution in [2.45, 2.75) is 33.1 Å². The summed E-state index contributed by atoms with van der Waals surface area (Å²) in [6.07, 6.45) is 1.40. The molecule has 1 N–H and O–H groups in total. The lowest BCUT2D eigenvalue weighted by Gasteiger charge is -2.23. The number of aryl methyl sites for hydroxylation is 1. The number of anilines is 1. The molecule has 0 unspecified atom stereocenters. The van der Waals surface area contributed by atoms with Crippen LogP contribution in [0.2, 0.25) is 0 Å². The van der Waals surface area contributed by atoms with Crippen LogP contribution in [-0.4, -0.2) is 21.9 Å². The number of benzene rings is 1. The number of hydrogen-bond donors (Lipinski definition) is 1. The zero-order valence-corrected chi connectivity index (χ0v) is 13.5. The zero-order valence-electron chi connectivity index (χ0n) is 12.6.